The first-order valence-electron chi connectivity index (χ1n) is 8.51. The lowest BCUT2D eigenvalue weighted by molar-refractivity contribution is -0.128. The molecule has 0 bridgehead atoms. The number of nitrogens with one attached hydrogen (secondary N) is 1. The van der Waals surface area contributed by atoms with Gasteiger partial charge in [0.25, 0.3) is 5.91 Å². The summed E-state index contributed by atoms with van der Waals surface area (Å²) in [5, 5.41) is 3.21. The lowest BCUT2D eigenvalue weighted by Gasteiger charge is -2.21. The van der Waals surface area contributed by atoms with Crippen LogP contribution in [-0.4, -0.2) is 52.5 Å². The molecule has 0 saturated heterocycles. The molecule has 0 fully saturated rings. The van der Waals surface area contributed by atoms with Gasteiger partial charge in [-0.2, -0.15) is 0 Å². The Hall–Kier alpha value is -1.51. The molecule has 0 saturated carbocycles. The summed E-state index contributed by atoms with van der Waals surface area (Å²) in [6, 6.07) is 4.71. The average Bonchev–Trinajstić information content (AvgIpc) is 2.73. The second-order valence-corrected chi connectivity index (χ2v) is 8.75. The zero-order valence-corrected chi connectivity index (χ0v) is 16.8. The summed E-state index contributed by atoms with van der Waals surface area (Å²) in [6.07, 6.45) is 1.44. The van der Waals surface area contributed by atoms with Crippen molar-refractivity contribution in [3.8, 4) is 5.75 Å². The van der Waals surface area contributed by atoms with Crippen molar-refractivity contribution < 1.29 is 22.7 Å². The van der Waals surface area contributed by atoms with E-state index in [1.165, 1.54) is 10.4 Å². The van der Waals surface area contributed by atoms with E-state index in [9.17, 15) is 13.2 Å². The lowest BCUT2D eigenvalue weighted by atomic mass is 10.2. The Morgan fingerprint density at radius 1 is 1.46 bits per heavy atom. The number of amides is 1. The highest BCUT2D eigenvalue weighted by molar-refractivity contribution is 7.92. The Labute approximate surface area is 159 Å². The molecule has 0 unspecified atom stereocenters. The summed E-state index contributed by atoms with van der Waals surface area (Å²) in [4.78, 5) is 12.4. The number of anilines is 1. The third-order valence-corrected chi connectivity index (χ3v) is 5.23. The Bertz CT molecular complexity index is 739. The van der Waals surface area contributed by atoms with Gasteiger partial charge in [0.05, 0.1) is 18.0 Å². The first kappa shape index (κ1) is 20.8. The topological polar surface area (TPSA) is 84.9 Å². The number of hydrogen-bond acceptors (Lipinski definition) is 5. The third-order valence-electron chi connectivity index (χ3n) is 3.82. The second kappa shape index (κ2) is 8.92. The van der Waals surface area contributed by atoms with Crippen LogP contribution in [-0.2, 0) is 19.6 Å². The van der Waals surface area contributed by atoms with Crippen molar-refractivity contribution in [2.24, 2.45) is 0 Å². The zero-order valence-electron chi connectivity index (χ0n) is 15.2. The van der Waals surface area contributed by atoms with E-state index in [0.717, 1.165) is 6.26 Å². The molecule has 0 aromatic heterocycles. The molecule has 1 aromatic carbocycles. The normalized spacial score (nSPS) is 17.4. The molecule has 2 rings (SSSR count). The fourth-order valence-electron chi connectivity index (χ4n) is 2.60. The highest BCUT2D eigenvalue weighted by Gasteiger charge is 2.31. The second-order valence-electron chi connectivity index (χ2n) is 6.41. The Morgan fingerprint density at radius 3 is 2.85 bits per heavy atom. The molecule has 7 nitrogen and oxygen atoms in total. The molecule has 1 aliphatic heterocycles. The predicted molar refractivity (Wildman–Crippen MR) is 101 cm³/mol. The maximum Gasteiger partial charge on any atom is 0.261 e. The minimum Gasteiger partial charge on any atom is -0.478 e. The molecule has 9 heteroatoms. The number of benzene rings is 1. The molecule has 146 valence electrons. The van der Waals surface area contributed by atoms with Gasteiger partial charge in [-0.3, -0.25) is 9.10 Å². The van der Waals surface area contributed by atoms with Gasteiger partial charge in [0.15, 0.2) is 6.10 Å². The molecule has 0 aliphatic carbocycles. The highest BCUT2D eigenvalue weighted by Crippen LogP contribution is 2.36. The predicted octanol–water partition coefficient (Wildman–Crippen LogP) is 2.19. The van der Waals surface area contributed by atoms with Crippen molar-refractivity contribution in [1.29, 1.82) is 0 Å². The minimum absolute atomic E-state index is 0.140. The molecule has 1 aromatic rings. The monoisotopic (exact) mass is 404 g/mol. The number of nitrogens with zero attached hydrogens (tertiary/aromatic N) is 1. The highest BCUT2D eigenvalue weighted by atomic mass is 35.5. The van der Waals surface area contributed by atoms with Gasteiger partial charge in [-0.15, -0.1) is 0 Å². The molecular formula is C17H25ClN2O5S. The van der Waals surface area contributed by atoms with Crippen LogP contribution in [0.4, 0.5) is 5.69 Å². The molecule has 1 heterocycles. The van der Waals surface area contributed by atoms with Crippen LogP contribution in [0.2, 0.25) is 5.02 Å². The van der Waals surface area contributed by atoms with Gasteiger partial charge in [-0.1, -0.05) is 11.6 Å². The fraction of sp³-hybridized carbons (Fsp3) is 0.588. The van der Waals surface area contributed by atoms with E-state index in [2.05, 4.69) is 5.32 Å². The first-order chi connectivity index (χ1) is 12.2. The molecule has 1 atom stereocenters. The van der Waals surface area contributed by atoms with Crippen LogP contribution in [0.5, 0.6) is 5.75 Å². The van der Waals surface area contributed by atoms with E-state index >= 15 is 0 Å². The Balaban J connectivity index is 2.05. The number of carbonyl (C=O) groups is 1. The van der Waals surface area contributed by atoms with Crippen LogP contribution < -0.4 is 14.4 Å². The van der Waals surface area contributed by atoms with E-state index < -0.39 is 16.1 Å². The molecular weight excluding hydrogens is 380 g/mol. The van der Waals surface area contributed by atoms with Crippen LogP contribution in [0.15, 0.2) is 18.2 Å². The molecule has 0 spiro atoms. The van der Waals surface area contributed by atoms with E-state index in [-0.39, 0.29) is 25.0 Å². The van der Waals surface area contributed by atoms with Gasteiger partial charge in [-0.05, 0) is 38.5 Å². The number of rotatable bonds is 7. The van der Waals surface area contributed by atoms with Crippen molar-refractivity contribution in [3.05, 3.63) is 23.2 Å². The average molecular weight is 405 g/mol. The van der Waals surface area contributed by atoms with Gasteiger partial charge < -0.3 is 14.8 Å². The summed E-state index contributed by atoms with van der Waals surface area (Å²) in [6.45, 7) is 5.08. The van der Waals surface area contributed by atoms with Crippen molar-refractivity contribution >= 4 is 33.2 Å². The van der Waals surface area contributed by atoms with Crippen molar-refractivity contribution in [3.63, 3.8) is 0 Å². The van der Waals surface area contributed by atoms with Gasteiger partial charge in [-0.25, -0.2) is 8.42 Å². The largest absolute Gasteiger partial charge is 0.478 e. The van der Waals surface area contributed by atoms with Crippen LogP contribution in [0.3, 0.4) is 0 Å². The maximum atomic E-state index is 12.4. The van der Waals surface area contributed by atoms with Gasteiger partial charge >= 0.3 is 0 Å². The number of ether oxygens (including phenoxy) is 2. The van der Waals surface area contributed by atoms with Crippen molar-refractivity contribution in [2.45, 2.75) is 38.9 Å². The van der Waals surface area contributed by atoms with Crippen LogP contribution in [0, 0.1) is 0 Å². The molecule has 0 radical (unpaired) electrons. The van der Waals surface area contributed by atoms with E-state index in [1.54, 1.807) is 12.1 Å². The fourth-order valence-corrected chi connectivity index (χ4v) is 3.70. The van der Waals surface area contributed by atoms with Crippen molar-refractivity contribution in [2.75, 3.05) is 30.3 Å². The summed E-state index contributed by atoms with van der Waals surface area (Å²) in [5.41, 5.74) is 0.348. The maximum absolute atomic E-state index is 12.4. The molecule has 1 N–H and O–H groups in total. The van der Waals surface area contributed by atoms with Gasteiger partial charge in [0, 0.05) is 31.1 Å². The summed E-state index contributed by atoms with van der Waals surface area (Å²) in [7, 11) is -3.51. The first-order valence-corrected chi connectivity index (χ1v) is 10.7. The van der Waals surface area contributed by atoms with Crippen LogP contribution in [0.1, 0.15) is 26.7 Å². The van der Waals surface area contributed by atoms with E-state index in [0.29, 0.717) is 36.0 Å². The van der Waals surface area contributed by atoms with Gasteiger partial charge in [0.1, 0.15) is 5.75 Å². The van der Waals surface area contributed by atoms with Crippen LogP contribution >= 0.6 is 11.6 Å². The summed E-state index contributed by atoms with van der Waals surface area (Å²) < 4.78 is 36.6. The minimum atomic E-state index is -3.51. The molecule has 1 amide bonds. The Morgan fingerprint density at radius 2 is 2.19 bits per heavy atom. The molecule has 1 aliphatic rings. The number of carbonyl (C=O) groups excluding carboxylic acids is 1. The Kier molecular flexibility index (Phi) is 7.14. The zero-order chi connectivity index (χ0) is 19.3. The smallest absolute Gasteiger partial charge is 0.261 e. The molecule has 26 heavy (non-hydrogen) atoms. The van der Waals surface area contributed by atoms with Gasteiger partial charge in [0.2, 0.25) is 10.0 Å². The number of hydrogen-bond donors (Lipinski definition) is 1. The summed E-state index contributed by atoms with van der Waals surface area (Å²) in [5.74, 6) is 0.0476. The summed E-state index contributed by atoms with van der Waals surface area (Å²) >= 11 is 6.00. The van der Waals surface area contributed by atoms with Crippen molar-refractivity contribution in [1.82, 2.24) is 5.32 Å². The SMILES string of the molecule is CC(C)OCCCNC(=O)[C@@H]1CCN(S(C)(=O)=O)c2cc(Cl)ccc2O1. The quantitative estimate of drug-likeness (QED) is 0.704. The lowest BCUT2D eigenvalue weighted by Crippen LogP contribution is -2.40. The number of fused-ring (bicyclic) bond motifs is 1. The number of sulfonamides is 1. The van der Waals surface area contributed by atoms with Crippen LogP contribution in [0.25, 0.3) is 0 Å². The van der Waals surface area contributed by atoms with E-state index in [4.69, 9.17) is 21.1 Å². The number of halogens is 1. The standard InChI is InChI=1S/C17H25ClN2O5S/c1-12(2)24-10-4-8-19-17(21)16-7-9-20(26(3,22)23)14-11-13(18)5-6-15(14)25-16/h5-6,11-12,16H,4,7-10H2,1-3H3,(H,19,21)/t16-/m0/s1. The van der Waals surface area contributed by atoms with E-state index in [1.807, 2.05) is 13.8 Å². The third kappa shape index (κ3) is 5.75.